The Balaban J connectivity index is 1.67. The summed E-state index contributed by atoms with van der Waals surface area (Å²) in [7, 11) is 1.71. The van der Waals surface area contributed by atoms with E-state index < -0.39 is 0 Å². The predicted octanol–water partition coefficient (Wildman–Crippen LogP) is 2.33. The van der Waals surface area contributed by atoms with Gasteiger partial charge in [0.15, 0.2) is 0 Å². The molecule has 1 amide bonds. The zero-order chi connectivity index (χ0) is 16.1. The van der Waals surface area contributed by atoms with Crippen molar-refractivity contribution >= 4 is 11.7 Å². The molecule has 2 aliphatic heterocycles. The molecule has 0 radical (unpaired) electrons. The molecule has 5 nitrogen and oxygen atoms in total. The number of piperidine rings is 2. The van der Waals surface area contributed by atoms with Crippen LogP contribution in [0.5, 0.6) is 0 Å². The molecule has 1 atom stereocenters. The van der Waals surface area contributed by atoms with Gasteiger partial charge in [0.25, 0.3) is 0 Å². The highest BCUT2D eigenvalue weighted by molar-refractivity contribution is 5.77. The molecule has 3 rings (SSSR count). The number of pyridine rings is 1. The third-order valence-corrected chi connectivity index (χ3v) is 5.16. The first-order chi connectivity index (χ1) is 11.2. The van der Waals surface area contributed by atoms with Crippen molar-refractivity contribution in [2.24, 2.45) is 5.41 Å². The molecule has 0 aliphatic carbocycles. The molecule has 1 aromatic heterocycles. The number of carbonyl (C=O) groups is 1. The van der Waals surface area contributed by atoms with Gasteiger partial charge in [0.05, 0.1) is 0 Å². The summed E-state index contributed by atoms with van der Waals surface area (Å²) in [5.74, 6) is 1.37. The van der Waals surface area contributed by atoms with E-state index in [0.29, 0.717) is 12.3 Å². The van der Waals surface area contributed by atoms with Crippen molar-refractivity contribution in [3.8, 4) is 0 Å². The Labute approximate surface area is 138 Å². The van der Waals surface area contributed by atoms with E-state index in [2.05, 4.69) is 20.9 Å². The normalized spacial score (nSPS) is 25.2. The van der Waals surface area contributed by atoms with Crippen molar-refractivity contribution in [1.29, 1.82) is 0 Å². The van der Waals surface area contributed by atoms with Crippen LogP contribution in [0.3, 0.4) is 0 Å². The van der Waals surface area contributed by atoms with Crippen LogP contribution in [0, 0.1) is 5.41 Å². The maximum absolute atomic E-state index is 12.2. The maximum atomic E-state index is 12.2. The highest BCUT2D eigenvalue weighted by Crippen LogP contribution is 2.39. The van der Waals surface area contributed by atoms with Crippen LogP contribution in [-0.2, 0) is 9.53 Å². The molecule has 1 spiro atoms. The number of carbonyl (C=O) groups excluding carboxylic acids is 1. The fourth-order valence-electron chi connectivity index (χ4n) is 3.98. The van der Waals surface area contributed by atoms with Gasteiger partial charge in [-0.1, -0.05) is 6.07 Å². The standard InChI is InChI=1S/C18H27N3O2/c1-23-13-5-12-21-15-18(9-7-17(21)22)8-4-11-20(14-18)16-6-2-3-10-19-16/h2-3,6,10H,4-5,7-9,11-15H2,1H3. The summed E-state index contributed by atoms with van der Waals surface area (Å²) in [5, 5.41) is 0. The first-order valence-electron chi connectivity index (χ1n) is 8.65. The highest BCUT2D eigenvalue weighted by atomic mass is 16.5. The number of hydrogen-bond acceptors (Lipinski definition) is 4. The lowest BCUT2D eigenvalue weighted by molar-refractivity contribution is -0.138. The Morgan fingerprint density at radius 3 is 3.00 bits per heavy atom. The van der Waals surface area contributed by atoms with E-state index in [0.717, 1.165) is 51.4 Å². The van der Waals surface area contributed by atoms with E-state index in [4.69, 9.17) is 4.74 Å². The summed E-state index contributed by atoms with van der Waals surface area (Å²) in [5.41, 5.74) is 0.233. The number of aromatic nitrogens is 1. The Bertz CT molecular complexity index is 522. The van der Waals surface area contributed by atoms with Crippen LogP contribution in [0.2, 0.25) is 0 Å². The molecule has 0 bridgehead atoms. The van der Waals surface area contributed by atoms with Gasteiger partial charge in [-0.2, -0.15) is 0 Å². The molecule has 0 saturated carbocycles. The van der Waals surface area contributed by atoms with Crippen molar-refractivity contribution in [3.63, 3.8) is 0 Å². The largest absolute Gasteiger partial charge is 0.385 e. The van der Waals surface area contributed by atoms with Crippen molar-refractivity contribution in [2.75, 3.05) is 44.8 Å². The van der Waals surface area contributed by atoms with E-state index in [1.807, 2.05) is 18.3 Å². The molecule has 3 heterocycles. The first-order valence-corrected chi connectivity index (χ1v) is 8.65. The second kappa shape index (κ2) is 7.30. The number of nitrogens with zero attached hydrogens (tertiary/aromatic N) is 3. The zero-order valence-corrected chi connectivity index (χ0v) is 14.0. The lowest BCUT2D eigenvalue weighted by atomic mass is 9.73. The first kappa shape index (κ1) is 16.2. The number of likely N-dealkylation sites (tertiary alicyclic amines) is 1. The van der Waals surface area contributed by atoms with E-state index in [-0.39, 0.29) is 5.41 Å². The van der Waals surface area contributed by atoms with Crippen LogP contribution in [0.15, 0.2) is 24.4 Å². The van der Waals surface area contributed by atoms with Gasteiger partial charge in [-0.15, -0.1) is 0 Å². The van der Waals surface area contributed by atoms with Gasteiger partial charge in [0, 0.05) is 57.9 Å². The maximum Gasteiger partial charge on any atom is 0.222 e. The quantitative estimate of drug-likeness (QED) is 0.782. The van der Waals surface area contributed by atoms with Crippen molar-refractivity contribution in [3.05, 3.63) is 24.4 Å². The summed E-state index contributed by atoms with van der Waals surface area (Å²) in [6.07, 6.45) is 6.86. The molecule has 2 aliphatic rings. The monoisotopic (exact) mass is 317 g/mol. The topological polar surface area (TPSA) is 45.7 Å². The second-order valence-electron chi connectivity index (χ2n) is 6.87. The van der Waals surface area contributed by atoms with Gasteiger partial charge in [-0.25, -0.2) is 4.98 Å². The molecule has 126 valence electrons. The number of methoxy groups -OCH3 is 1. The minimum absolute atomic E-state index is 0.233. The van der Waals surface area contributed by atoms with Crippen molar-refractivity contribution < 1.29 is 9.53 Å². The predicted molar refractivity (Wildman–Crippen MR) is 90.4 cm³/mol. The summed E-state index contributed by atoms with van der Waals surface area (Å²) in [6, 6.07) is 6.09. The van der Waals surface area contributed by atoms with Gasteiger partial charge in [0.1, 0.15) is 5.82 Å². The molecule has 5 heteroatoms. The van der Waals surface area contributed by atoms with E-state index in [1.54, 1.807) is 7.11 Å². The minimum atomic E-state index is 0.233. The number of hydrogen-bond donors (Lipinski definition) is 0. The van der Waals surface area contributed by atoms with Crippen molar-refractivity contribution in [1.82, 2.24) is 9.88 Å². The van der Waals surface area contributed by atoms with Gasteiger partial charge in [0.2, 0.25) is 5.91 Å². The Kier molecular flexibility index (Phi) is 5.16. The third-order valence-electron chi connectivity index (χ3n) is 5.16. The van der Waals surface area contributed by atoms with Crippen LogP contribution in [0.4, 0.5) is 5.82 Å². The van der Waals surface area contributed by atoms with E-state index in [9.17, 15) is 4.79 Å². The molecule has 0 N–H and O–H groups in total. The van der Waals surface area contributed by atoms with Crippen LogP contribution in [0.1, 0.15) is 32.1 Å². The number of amides is 1. The van der Waals surface area contributed by atoms with Gasteiger partial charge >= 0.3 is 0 Å². The van der Waals surface area contributed by atoms with Crippen LogP contribution in [-0.4, -0.2) is 55.7 Å². The molecular weight excluding hydrogens is 290 g/mol. The number of anilines is 1. The van der Waals surface area contributed by atoms with E-state index >= 15 is 0 Å². The third kappa shape index (κ3) is 3.83. The number of ether oxygens (including phenoxy) is 1. The molecule has 0 aromatic carbocycles. The van der Waals surface area contributed by atoms with Crippen LogP contribution >= 0.6 is 0 Å². The number of rotatable bonds is 5. The van der Waals surface area contributed by atoms with Gasteiger partial charge < -0.3 is 14.5 Å². The fraction of sp³-hybridized carbons (Fsp3) is 0.667. The summed E-state index contributed by atoms with van der Waals surface area (Å²) >= 11 is 0. The van der Waals surface area contributed by atoms with Gasteiger partial charge in [-0.05, 0) is 37.8 Å². The lowest BCUT2D eigenvalue weighted by Crippen LogP contribution is -2.54. The minimum Gasteiger partial charge on any atom is -0.385 e. The van der Waals surface area contributed by atoms with Crippen LogP contribution < -0.4 is 4.90 Å². The SMILES string of the molecule is COCCCN1CC2(CCCN(c3ccccn3)C2)CCC1=O. The summed E-state index contributed by atoms with van der Waals surface area (Å²) in [4.78, 5) is 21.2. The fourth-order valence-corrected chi connectivity index (χ4v) is 3.98. The molecule has 2 saturated heterocycles. The molecule has 1 unspecified atom stereocenters. The summed E-state index contributed by atoms with van der Waals surface area (Å²) < 4.78 is 5.13. The van der Waals surface area contributed by atoms with Crippen LogP contribution in [0.25, 0.3) is 0 Å². The highest BCUT2D eigenvalue weighted by Gasteiger charge is 2.41. The molecule has 23 heavy (non-hydrogen) atoms. The Morgan fingerprint density at radius 1 is 1.30 bits per heavy atom. The molecule has 2 fully saturated rings. The lowest BCUT2D eigenvalue weighted by Gasteiger charge is -2.48. The van der Waals surface area contributed by atoms with Gasteiger partial charge in [-0.3, -0.25) is 4.79 Å². The average Bonchev–Trinajstić information content (AvgIpc) is 2.59. The van der Waals surface area contributed by atoms with E-state index in [1.165, 1.54) is 12.8 Å². The Hall–Kier alpha value is -1.62. The zero-order valence-electron chi connectivity index (χ0n) is 14.0. The molecule has 1 aromatic rings. The average molecular weight is 317 g/mol. The Morgan fingerprint density at radius 2 is 2.22 bits per heavy atom. The summed E-state index contributed by atoms with van der Waals surface area (Å²) in [6.45, 7) is 4.50. The smallest absolute Gasteiger partial charge is 0.222 e. The second-order valence-corrected chi connectivity index (χ2v) is 6.87. The molecular formula is C18H27N3O2. The van der Waals surface area contributed by atoms with Crippen molar-refractivity contribution in [2.45, 2.75) is 32.1 Å².